The van der Waals surface area contributed by atoms with Crippen LogP contribution in [-0.2, 0) is 9.59 Å². The van der Waals surface area contributed by atoms with Crippen molar-refractivity contribution in [1.29, 1.82) is 0 Å². The molecule has 0 unspecified atom stereocenters. The number of nitrogens with one attached hydrogen (secondary N) is 2. The molecule has 0 atom stereocenters. The van der Waals surface area contributed by atoms with Crippen LogP contribution in [0.25, 0.3) is 0 Å². The molecule has 2 aromatic carbocycles. The van der Waals surface area contributed by atoms with Crippen LogP contribution in [0.3, 0.4) is 0 Å². The van der Waals surface area contributed by atoms with E-state index in [9.17, 15) is 9.59 Å². The summed E-state index contributed by atoms with van der Waals surface area (Å²) in [5, 5.41) is 5.65. The molecule has 138 valence electrons. The molecule has 0 aliphatic carbocycles. The van der Waals surface area contributed by atoms with Gasteiger partial charge < -0.3 is 15.4 Å². The van der Waals surface area contributed by atoms with Gasteiger partial charge in [-0.05, 0) is 58.9 Å². The molecule has 0 aromatic heterocycles. The van der Waals surface area contributed by atoms with Gasteiger partial charge in [-0.2, -0.15) is 0 Å². The van der Waals surface area contributed by atoms with Crippen LogP contribution < -0.4 is 15.4 Å². The second-order valence-corrected chi connectivity index (χ2v) is 6.46. The van der Waals surface area contributed by atoms with E-state index in [0.29, 0.717) is 17.9 Å². The Morgan fingerprint density at radius 2 is 1.62 bits per heavy atom. The SMILES string of the molecule is CCN(CC(=O)Nc1ccc(OC)cc1)CC(=O)Nc1ccccc1Br. The van der Waals surface area contributed by atoms with E-state index in [1.165, 1.54) is 0 Å². The molecule has 7 heteroatoms. The maximum Gasteiger partial charge on any atom is 0.238 e. The zero-order valence-corrected chi connectivity index (χ0v) is 16.4. The van der Waals surface area contributed by atoms with E-state index >= 15 is 0 Å². The molecule has 2 amide bonds. The molecule has 0 radical (unpaired) electrons. The molecule has 0 bridgehead atoms. The number of carbonyl (C=O) groups is 2. The normalized spacial score (nSPS) is 10.5. The first kappa shape index (κ1) is 19.9. The van der Waals surface area contributed by atoms with E-state index in [1.54, 1.807) is 36.3 Å². The number of ether oxygens (including phenoxy) is 1. The van der Waals surface area contributed by atoms with Gasteiger partial charge in [-0.1, -0.05) is 19.1 Å². The summed E-state index contributed by atoms with van der Waals surface area (Å²) in [6, 6.07) is 14.5. The number of methoxy groups -OCH3 is 1. The van der Waals surface area contributed by atoms with Crippen LogP contribution in [0, 0.1) is 0 Å². The van der Waals surface area contributed by atoms with Crippen molar-refractivity contribution in [2.24, 2.45) is 0 Å². The molecule has 0 saturated carbocycles. The Balaban J connectivity index is 1.86. The van der Waals surface area contributed by atoms with Gasteiger partial charge in [-0.15, -0.1) is 0 Å². The lowest BCUT2D eigenvalue weighted by atomic mass is 10.3. The number of carbonyl (C=O) groups excluding carboxylic acids is 2. The fraction of sp³-hybridized carbons (Fsp3) is 0.263. The molecule has 2 rings (SSSR count). The molecule has 2 N–H and O–H groups in total. The zero-order valence-electron chi connectivity index (χ0n) is 14.8. The second-order valence-electron chi connectivity index (χ2n) is 5.61. The molecule has 0 aliphatic rings. The molecule has 6 nitrogen and oxygen atoms in total. The average molecular weight is 420 g/mol. The molecular weight excluding hydrogens is 398 g/mol. The molecule has 0 heterocycles. The van der Waals surface area contributed by atoms with Crippen LogP contribution in [0.2, 0.25) is 0 Å². The lowest BCUT2D eigenvalue weighted by Crippen LogP contribution is -2.38. The highest BCUT2D eigenvalue weighted by atomic mass is 79.9. The Labute approximate surface area is 161 Å². The fourth-order valence-electron chi connectivity index (χ4n) is 2.31. The second kappa shape index (κ2) is 9.94. The van der Waals surface area contributed by atoms with Crippen LogP contribution in [0.4, 0.5) is 11.4 Å². The van der Waals surface area contributed by atoms with Crippen molar-refractivity contribution in [3.05, 3.63) is 53.0 Å². The van der Waals surface area contributed by atoms with E-state index in [2.05, 4.69) is 26.6 Å². The van der Waals surface area contributed by atoms with Gasteiger partial charge in [0.2, 0.25) is 11.8 Å². The lowest BCUT2D eigenvalue weighted by Gasteiger charge is -2.19. The molecule has 0 fully saturated rings. The van der Waals surface area contributed by atoms with Gasteiger partial charge in [0.15, 0.2) is 0 Å². The number of amides is 2. The quantitative estimate of drug-likeness (QED) is 0.687. The van der Waals surface area contributed by atoms with E-state index in [0.717, 1.165) is 10.2 Å². The van der Waals surface area contributed by atoms with Gasteiger partial charge in [0, 0.05) is 10.2 Å². The Morgan fingerprint density at radius 1 is 1.00 bits per heavy atom. The Bertz CT molecular complexity index is 750. The maximum absolute atomic E-state index is 12.2. The number of likely N-dealkylation sites (N-methyl/N-ethyl adjacent to an activating group) is 1. The van der Waals surface area contributed by atoms with E-state index in [4.69, 9.17) is 4.74 Å². The predicted octanol–water partition coefficient (Wildman–Crippen LogP) is 3.36. The summed E-state index contributed by atoms with van der Waals surface area (Å²) in [5.41, 5.74) is 1.39. The average Bonchev–Trinajstić information content (AvgIpc) is 2.63. The first-order valence-electron chi connectivity index (χ1n) is 8.22. The fourth-order valence-corrected chi connectivity index (χ4v) is 2.70. The van der Waals surface area contributed by atoms with Crippen molar-refractivity contribution in [3.63, 3.8) is 0 Å². The maximum atomic E-state index is 12.2. The first-order chi connectivity index (χ1) is 12.5. The van der Waals surface area contributed by atoms with Gasteiger partial charge in [-0.3, -0.25) is 14.5 Å². The van der Waals surface area contributed by atoms with Gasteiger partial charge in [0.1, 0.15) is 5.75 Å². The molecule has 2 aromatic rings. The standard InChI is InChI=1S/C19H22BrN3O3/c1-3-23(13-19(25)22-17-7-5-4-6-16(17)20)12-18(24)21-14-8-10-15(26-2)11-9-14/h4-11H,3,12-13H2,1-2H3,(H,21,24)(H,22,25). The topological polar surface area (TPSA) is 70.7 Å². The number of hydrogen-bond donors (Lipinski definition) is 2. The summed E-state index contributed by atoms with van der Waals surface area (Å²) in [6.07, 6.45) is 0. The van der Waals surface area contributed by atoms with E-state index < -0.39 is 0 Å². The third-order valence-corrected chi connectivity index (χ3v) is 4.39. The van der Waals surface area contributed by atoms with Crippen LogP contribution in [0.5, 0.6) is 5.75 Å². The first-order valence-corrected chi connectivity index (χ1v) is 9.01. The molecule has 0 aliphatic heterocycles. The van der Waals surface area contributed by atoms with E-state index in [1.807, 2.05) is 31.2 Å². The smallest absolute Gasteiger partial charge is 0.238 e. The summed E-state index contributed by atoms with van der Waals surface area (Å²) in [4.78, 5) is 26.2. The number of para-hydroxylation sites is 1. The molecule has 0 saturated heterocycles. The summed E-state index contributed by atoms with van der Waals surface area (Å²) in [5.74, 6) is 0.378. The van der Waals surface area contributed by atoms with Crippen molar-refractivity contribution in [3.8, 4) is 5.75 Å². The minimum atomic E-state index is -0.175. The number of rotatable bonds is 8. The summed E-state index contributed by atoms with van der Waals surface area (Å²) >= 11 is 3.39. The predicted molar refractivity (Wildman–Crippen MR) is 107 cm³/mol. The zero-order chi connectivity index (χ0) is 18.9. The number of anilines is 2. The Kier molecular flexibility index (Phi) is 7.62. The Morgan fingerprint density at radius 3 is 2.19 bits per heavy atom. The number of benzene rings is 2. The largest absolute Gasteiger partial charge is 0.497 e. The number of nitrogens with zero attached hydrogens (tertiary/aromatic N) is 1. The highest BCUT2D eigenvalue weighted by Gasteiger charge is 2.14. The van der Waals surface area contributed by atoms with Crippen molar-refractivity contribution < 1.29 is 14.3 Å². The van der Waals surface area contributed by atoms with Gasteiger partial charge in [0.05, 0.1) is 25.9 Å². The van der Waals surface area contributed by atoms with Gasteiger partial charge in [0.25, 0.3) is 0 Å². The number of halogens is 1. The van der Waals surface area contributed by atoms with Crippen LogP contribution in [0.1, 0.15) is 6.92 Å². The van der Waals surface area contributed by atoms with Crippen LogP contribution >= 0.6 is 15.9 Å². The van der Waals surface area contributed by atoms with Crippen LogP contribution in [-0.4, -0.2) is 43.5 Å². The third kappa shape index (κ3) is 6.16. The monoisotopic (exact) mass is 419 g/mol. The summed E-state index contributed by atoms with van der Waals surface area (Å²) in [6.45, 7) is 2.76. The minimum Gasteiger partial charge on any atom is -0.497 e. The van der Waals surface area contributed by atoms with E-state index in [-0.39, 0.29) is 24.9 Å². The highest BCUT2D eigenvalue weighted by Crippen LogP contribution is 2.21. The summed E-state index contributed by atoms with van der Waals surface area (Å²) < 4.78 is 5.90. The van der Waals surface area contributed by atoms with Crippen molar-refractivity contribution in [1.82, 2.24) is 4.90 Å². The summed E-state index contributed by atoms with van der Waals surface area (Å²) in [7, 11) is 1.59. The molecule has 26 heavy (non-hydrogen) atoms. The van der Waals surface area contributed by atoms with Crippen molar-refractivity contribution >= 4 is 39.1 Å². The van der Waals surface area contributed by atoms with Crippen molar-refractivity contribution in [2.45, 2.75) is 6.92 Å². The van der Waals surface area contributed by atoms with Crippen molar-refractivity contribution in [2.75, 3.05) is 37.4 Å². The highest BCUT2D eigenvalue weighted by molar-refractivity contribution is 9.10. The molecule has 0 spiro atoms. The van der Waals surface area contributed by atoms with Crippen LogP contribution in [0.15, 0.2) is 53.0 Å². The van der Waals surface area contributed by atoms with Gasteiger partial charge >= 0.3 is 0 Å². The third-order valence-electron chi connectivity index (χ3n) is 3.70. The minimum absolute atomic E-state index is 0.131. The lowest BCUT2D eigenvalue weighted by molar-refractivity contribution is -0.119. The van der Waals surface area contributed by atoms with Gasteiger partial charge in [-0.25, -0.2) is 0 Å². The molecular formula is C19H22BrN3O3. The Hall–Kier alpha value is -2.38. The number of hydrogen-bond acceptors (Lipinski definition) is 4.